The zero-order valence-electron chi connectivity index (χ0n) is 8.14. The lowest BCUT2D eigenvalue weighted by molar-refractivity contribution is -0.126. The average Bonchev–Trinajstić information content (AvgIpc) is 2.27. The highest BCUT2D eigenvalue weighted by Gasteiger charge is 2.05. The zero-order chi connectivity index (χ0) is 11.1. The lowest BCUT2D eigenvalue weighted by Crippen LogP contribution is -2.10. The van der Waals surface area contributed by atoms with Crippen molar-refractivity contribution in [3.63, 3.8) is 0 Å². The van der Waals surface area contributed by atoms with Gasteiger partial charge in [-0.25, -0.2) is 4.79 Å². The summed E-state index contributed by atoms with van der Waals surface area (Å²) in [6.45, 7) is 0. The van der Waals surface area contributed by atoms with E-state index in [0.717, 1.165) is 11.8 Å². The number of benzene rings is 1. The molecule has 0 fully saturated rings. The highest BCUT2D eigenvalue weighted by molar-refractivity contribution is 9.08. The number of carbonyl (C=O) groups excluding carboxylic acids is 1. The van der Waals surface area contributed by atoms with E-state index in [1.165, 1.54) is 7.11 Å². The molecule has 0 aliphatic carbocycles. The van der Waals surface area contributed by atoms with Crippen molar-refractivity contribution in [3.05, 3.63) is 29.8 Å². The maximum Gasteiger partial charge on any atom is 0.358 e. The van der Waals surface area contributed by atoms with Gasteiger partial charge in [0.15, 0.2) is 6.21 Å². The van der Waals surface area contributed by atoms with Crippen LogP contribution in [-0.4, -0.2) is 19.3 Å². The van der Waals surface area contributed by atoms with Gasteiger partial charge in [0.25, 0.3) is 0 Å². The predicted octanol–water partition coefficient (Wildman–Crippen LogP) is 2.12. The molecular weight excluding hydrogens is 262 g/mol. The molecule has 1 aromatic rings. The molecule has 0 spiro atoms. The Hall–Kier alpha value is -1.36. The highest BCUT2D eigenvalue weighted by Crippen LogP contribution is 2.20. The molecular formula is C10H10BrNO3. The highest BCUT2D eigenvalue weighted by atomic mass is 79.9. The van der Waals surface area contributed by atoms with Crippen LogP contribution in [-0.2, 0) is 15.0 Å². The van der Waals surface area contributed by atoms with E-state index in [4.69, 9.17) is 4.74 Å². The van der Waals surface area contributed by atoms with Gasteiger partial charge in [0.2, 0.25) is 0 Å². The summed E-state index contributed by atoms with van der Waals surface area (Å²) < 4.78 is 5.04. The third kappa shape index (κ3) is 3.71. The van der Waals surface area contributed by atoms with E-state index >= 15 is 0 Å². The van der Waals surface area contributed by atoms with Gasteiger partial charge in [-0.2, -0.15) is 0 Å². The predicted molar refractivity (Wildman–Crippen MR) is 60.2 cm³/mol. The second kappa shape index (κ2) is 6.19. The summed E-state index contributed by atoms with van der Waals surface area (Å²) in [4.78, 5) is 15.5. The summed E-state index contributed by atoms with van der Waals surface area (Å²) in [6.07, 6.45) is 0.977. The molecule has 0 saturated heterocycles. The molecule has 1 rings (SSSR count). The number of hydrogen-bond donors (Lipinski definition) is 0. The number of hydrogen-bond acceptors (Lipinski definition) is 4. The van der Waals surface area contributed by atoms with Crippen molar-refractivity contribution in [2.75, 3.05) is 7.11 Å². The number of esters is 1. The number of ether oxygens (including phenoxy) is 1. The van der Waals surface area contributed by atoms with Crippen LogP contribution >= 0.6 is 15.9 Å². The topological polar surface area (TPSA) is 47.9 Å². The van der Waals surface area contributed by atoms with Crippen LogP contribution in [0, 0.1) is 0 Å². The molecule has 0 aromatic heterocycles. The first kappa shape index (κ1) is 11.7. The van der Waals surface area contributed by atoms with Crippen LogP contribution in [0.4, 0.5) is 0 Å². The summed E-state index contributed by atoms with van der Waals surface area (Å²) in [6, 6.07) is 7.25. The van der Waals surface area contributed by atoms with E-state index in [2.05, 4.69) is 25.9 Å². The van der Waals surface area contributed by atoms with Crippen LogP contribution < -0.4 is 4.74 Å². The first-order valence-corrected chi connectivity index (χ1v) is 5.32. The summed E-state index contributed by atoms with van der Waals surface area (Å²) in [5, 5.41) is 3.94. The SMILES string of the molecule is CO/N=C/C(=O)Oc1ccccc1CBr. The van der Waals surface area contributed by atoms with E-state index in [0.29, 0.717) is 11.1 Å². The van der Waals surface area contributed by atoms with Crippen molar-refractivity contribution in [1.82, 2.24) is 0 Å². The molecule has 0 unspecified atom stereocenters. The second-order valence-corrected chi connectivity index (χ2v) is 3.14. The van der Waals surface area contributed by atoms with Gasteiger partial charge in [0.05, 0.1) is 0 Å². The molecule has 0 aliphatic heterocycles. The number of rotatable bonds is 4. The lowest BCUT2D eigenvalue weighted by atomic mass is 10.2. The molecule has 0 bridgehead atoms. The molecule has 0 aliphatic rings. The van der Waals surface area contributed by atoms with Crippen molar-refractivity contribution < 1.29 is 14.4 Å². The third-order valence-corrected chi connectivity index (χ3v) is 2.19. The maximum atomic E-state index is 11.2. The molecule has 5 heteroatoms. The Labute approximate surface area is 96.0 Å². The molecule has 80 valence electrons. The van der Waals surface area contributed by atoms with E-state index in [-0.39, 0.29) is 0 Å². The van der Waals surface area contributed by atoms with Gasteiger partial charge in [-0.05, 0) is 6.07 Å². The van der Waals surface area contributed by atoms with Crippen LogP contribution in [0.1, 0.15) is 5.56 Å². The number of carbonyl (C=O) groups is 1. The number of halogens is 1. The van der Waals surface area contributed by atoms with Crippen LogP contribution in [0.25, 0.3) is 0 Å². The van der Waals surface area contributed by atoms with Gasteiger partial charge in [0.1, 0.15) is 12.9 Å². The van der Waals surface area contributed by atoms with Crippen LogP contribution in [0.2, 0.25) is 0 Å². The van der Waals surface area contributed by atoms with Crippen molar-refractivity contribution in [2.45, 2.75) is 5.33 Å². The Morgan fingerprint density at radius 2 is 2.27 bits per heavy atom. The second-order valence-electron chi connectivity index (χ2n) is 2.58. The molecule has 0 amide bonds. The fraction of sp³-hybridized carbons (Fsp3) is 0.200. The first-order valence-electron chi connectivity index (χ1n) is 4.20. The average molecular weight is 272 g/mol. The molecule has 4 nitrogen and oxygen atoms in total. The van der Waals surface area contributed by atoms with Crippen molar-refractivity contribution in [2.24, 2.45) is 5.16 Å². The largest absolute Gasteiger partial charge is 0.422 e. The van der Waals surface area contributed by atoms with Gasteiger partial charge >= 0.3 is 5.97 Å². The van der Waals surface area contributed by atoms with Crippen molar-refractivity contribution in [3.8, 4) is 5.75 Å². The quantitative estimate of drug-likeness (QED) is 0.277. The minimum atomic E-state index is -0.565. The molecule has 0 N–H and O–H groups in total. The Bertz CT molecular complexity index is 365. The summed E-state index contributed by atoms with van der Waals surface area (Å²) in [5.74, 6) is -0.0489. The van der Waals surface area contributed by atoms with Gasteiger partial charge in [-0.1, -0.05) is 39.3 Å². The van der Waals surface area contributed by atoms with Gasteiger partial charge in [-0.15, -0.1) is 0 Å². The normalized spacial score (nSPS) is 10.3. The summed E-state index contributed by atoms with van der Waals surface area (Å²) >= 11 is 3.30. The zero-order valence-corrected chi connectivity index (χ0v) is 9.73. The fourth-order valence-corrected chi connectivity index (χ4v) is 1.41. The van der Waals surface area contributed by atoms with Crippen LogP contribution in [0.3, 0.4) is 0 Å². The Morgan fingerprint density at radius 3 is 2.93 bits per heavy atom. The monoisotopic (exact) mass is 271 g/mol. The Morgan fingerprint density at radius 1 is 1.53 bits per heavy atom. The third-order valence-electron chi connectivity index (χ3n) is 1.59. The lowest BCUT2D eigenvalue weighted by Gasteiger charge is -2.05. The minimum Gasteiger partial charge on any atom is -0.422 e. The van der Waals surface area contributed by atoms with E-state index in [9.17, 15) is 4.79 Å². The smallest absolute Gasteiger partial charge is 0.358 e. The van der Waals surface area contributed by atoms with Gasteiger partial charge in [-0.3, -0.25) is 0 Å². The summed E-state index contributed by atoms with van der Waals surface area (Å²) in [7, 11) is 1.36. The van der Waals surface area contributed by atoms with E-state index < -0.39 is 5.97 Å². The molecule has 0 saturated carbocycles. The molecule has 15 heavy (non-hydrogen) atoms. The first-order chi connectivity index (χ1) is 7.27. The van der Waals surface area contributed by atoms with E-state index in [1.807, 2.05) is 12.1 Å². The van der Waals surface area contributed by atoms with Crippen LogP contribution in [0.15, 0.2) is 29.4 Å². The minimum absolute atomic E-state index is 0.516. The number of para-hydroxylation sites is 1. The fourth-order valence-electron chi connectivity index (χ4n) is 0.944. The Kier molecular flexibility index (Phi) is 4.83. The van der Waals surface area contributed by atoms with E-state index in [1.54, 1.807) is 12.1 Å². The molecule has 0 heterocycles. The van der Waals surface area contributed by atoms with Gasteiger partial charge in [0, 0.05) is 10.9 Å². The maximum absolute atomic E-state index is 11.2. The van der Waals surface area contributed by atoms with Crippen molar-refractivity contribution >= 4 is 28.1 Å². The van der Waals surface area contributed by atoms with Gasteiger partial charge < -0.3 is 9.57 Å². The Balaban J connectivity index is 2.71. The number of oxime groups is 1. The van der Waals surface area contributed by atoms with Crippen LogP contribution in [0.5, 0.6) is 5.75 Å². The molecule has 1 aromatic carbocycles. The molecule has 0 radical (unpaired) electrons. The number of nitrogens with zero attached hydrogens (tertiary/aromatic N) is 1. The van der Waals surface area contributed by atoms with Crippen molar-refractivity contribution in [1.29, 1.82) is 0 Å². The standard InChI is InChI=1S/C10H10BrNO3/c1-14-12-7-10(13)15-9-5-3-2-4-8(9)6-11/h2-5,7H,6H2,1H3/b12-7+. The molecule has 0 atom stereocenters. The summed E-state index contributed by atoms with van der Waals surface area (Å²) in [5.41, 5.74) is 0.900. The number of alkyl halides is 1.